The quantitative estimate of drug-likeness (QED) is 0.731. The molecule has 0 radical (unpaired) electrons. The number of hydrogen-bond acceptors (Lipinski definition) is 5. The lowest BCUT2D eigenvalue weighted by molar-refractivity contribution is 0.0600. The minimum atomic E-state index is -3.34. The zero-order valence-electron chi connectivity index (χ0n) is 16.3. The topological polar surface area (TPSA) is 92.8 Å². The zero-order chi connectivity index (χ0) is 20.9. The van der Waals surface area contributed by atoms with Gasteiger partial charge in [-0.05, 0) is 54.8 Å². The number of hydrogen-bond donors (Lipinski definition) is 1. The average molecular weight is 416 g/mol. The van der Waals surface area contributed by atoms with Crippen LogP contribution in [0.15, 0.2) is 48.5 Å². The highest BCUT2D eigenvalue weighted by molar-refractivity contribution is 7.88. The molecule has 1 fully saturated rings. The molecule has 2 aromatic rings. The van der Waals surface area contributed by atoms with E-state index in [9.17, 15) is 18.0 Å². The van der Waals surface area contributed by atoms with Crippen LogP contribution >= 0.6 is 0 Å². The van der Waals surface area contributed by atoms with Crippen LogP contribution in [-0.4, -0.2) is 44.8 Å². The van der Waals surface area contributed by atoms with Crippen molar-refractivity contribution in [1.82, 2.24) is 4.31 Å². The van der Waals surface area contributed by atoms with Gasteiger partial charge in [0.1, 0.15) is 0 Å². The fraction of sp³-hybridized carbons (Fsp3) is 0.333. The van der Waals surface area contributed by atoms with Crippen molar-refractivity contribution in [1.29, 1.82) is 0 Å². The summed E-state index contributed by atoms with van der Waals surface area (Å²) in [5.74, 6) is -0.830. The molecular formula is C21H24N2O5S. The maximum absolute atomic E-state index is 12.5. The van der Waals surface area contributed by atoms with Gasteiger partial charge in [-0.25, -0.2) is 17.5 Å². The molecule has 0 unspecified atom stereocenters. The van der Waals surface area contributed by atoms with Gasteiger partial charge in [0.05, 0.1) is 18.4 Å². The van der Waals surface area contributed by atoms with Gasteiger partial charge in [0.25, 0.3) is 5.91 Å². The number of ether oxygens (including phenoxy) is 1. The molecule has 0 aromatic heterocycles. The second kappa shape index (κ2) is 9.19. The molecule has 154 valence electrons. The number of piperidine rings is 1. The molecule has 1 amide bonds. The van der Waals surface area contributed by atoms with Gasteiger partial charge in [-0.1, -0.05) is 18.6 Å². The molecule has 1 aliphatic rings. The van der Waals surface area contributed by atoms with Gasteiger partial charge in [-0.2, -0.15) is 0 Å². The third kappa shape index (κ3) is 5.42. The molecule has 1 saturated heterocycles. The number of carbonyl (C=O) groups excluding carboxylic acids is 2. The number of amides is 1. The van der Waals surface area contributed by atoms with Crippen molar-refractivity contribution < 1.29 is 22.7 Å². The van der Waals surface area contributed by atoms with E-state index in [2.05, 4.69) is 10.1 Å². The number of methoxy groups -OCH3 is 1. The Morgan fingerprint density at radius 1 is 0.931 bits per heavy atom. The van der Waals surface area contributed by atoms with Crippen LogP contribution in [0.1, 0.15) is 45.5 Å². The largest absolute Gasteiger partial charge is 0.465 e. The first-order valence-electron chi connectivity index (χ1n) is 9.45. The molecule has 1 heterocycles. The number of carbonyl (C=O) groups is 2. The average Bonchev–Trinajstić information content (AvgIpc) is 2.74. The Labute approximate surface area is 170 Å². The molecule has 1 N–H and O–H groups in total. The molecule has 0 spiro atoms. The van der Waals surface area contributed by atoms with E-state index in [4.69, 9.17) is 0 Å². The number of sulfonamides is 1. The highest BCUT2D eigenvalue weighted by Crippen LogP contribution is 2.18. The third-order valence-electron chi connectivity index (χ3n) is 4.84. The lowest BCUT2D eigenvalue weighted by Crippen LogP contribution is -2.36. The monoisotopic (exact) mass is 416 g/mol. The first kappa shape index (κ1) is 21.0. The number of anilines is 1. The van der Waals surface area contributed by atoms with E-state index in [1.165, 1.54) is 7.11 Å². The number of esters is 1. The Morgan fingerprint density at radius 2 is 1.52 bits per heavy atom. The smallest absolute Gasteiger partial charge is 0.337 e. The van der Waals surface area contributed by atoms with Crippen molar-refractivity contribution in [3.8, 4) is 0 Å². The first-order valence-corrected chi connectivity index (χ1v) is 11.1. The van der Waals surface area contributed by atoms with Crippen molar-refractivity contribution in [2.24, 2.45) is 0 Å². The van der Waals surface area contributed by atoms with Gasteiger partial charge >= 0.3 is 5.97 Å². The van der Waals surface area contributed by atoms with Crippen molar-refractivity contribution in [2.75, 3.05) is 25.5 Å². The van der Waals surface area contributed by atoms with Crippen LogP contribution in [-0.2, 0) is 20.5 Å². The lowest BCUT2D eigenvalue weighted by Gasteiger charge is -2.25. The highest BCUT2D eigenvalue weighted by Gasteiger charge is 2.24. The van der Waals surface area contributed by atoms with Crippen molar-refractivity contribution in [2.45, 2.75) is 25.0 Å². The fourth-order valence-corrected chi connectivity index (χ4v) is 4.82. The molecule has 3 rings (SSSR count). The molecule has 1 aliphatic heterocycles. The van der Waals surface area contributed by atoms with Crippen LogP contribution in [0.3, 0.4) is 0 Å². The van der Waals surface area contributed by atoms with E-state index in [-0.39, 0.29) is 11.7 Å². The normalized spacial score (nSPS) is 14.9. The summed E-state index contributed by atoms with van der Waals surface area (Å²) < 4.78 is 31.2. The van der Waals surface area contributed by atoms with Gasteiger partial charge < -0.3 is 10.1 Å². The van der Waals surface area contributed by atoms with E-state index in [1.807, 2.05) is 0 Å². The predicted molar refractivity (Wildman–Crippen MR) is 110 cm³/mol. The maximum Gasteiger partial charge on any atom is 0.337 e. The number of nitrogens with one attached hydrogen (secondary N) is 1. The Bertz CT molecular complexity index is 963. The Hall–Kier alpha value is -2.71. The third-order valence-corrected chi connectivity index (χ3v) is 6.69. The first-order chi connectivity index (χ1) is 13.9. The molecular weight excluding hydrogens is 392 g/mol. The minimum Gasteiger partial charge on any atom is -0.465 e. The second-order valence-corrected chi connectivity index (χ2v) is 8.90. The highest BCUT2D eigenvalue weighted by atomic mass is 32.2. The summed E-state index contributed by atoms with van der Waals surface area (Å²) in [5, 5.41) is 2.74. The van der Waals surface area contributed by atoms with Crippen LogP contribution in [0, 0.1) is 0 Å². The summed E-state index contributed by atoms with van der Waals surface area (Å²) >= 11 is 0. The van der Waals surface area contributed by atoms with Crippen LogP contribution in [0.2, 0.25) is 0 Å². The minimum absolute atomic E-state index is 0.0656. The molecule has 8 heteroatoms. The van der Waals surface area contributed by atoms with Gasteiger partial charge in [-0.15, -0.1) is 0 Å². The Morgan fingerprint density at radius 3 is 2.10 bits per heavy atom. The standard InChI is InChI=1S/C21H24N2O5S/c1-28-21(25)18-9-11-19(12-10-18)22-20(24)17-7-5-16(6-8-17)15-29(26,27)23-13-3-2-4-14-23/h5-12H,2-4,13-15H2,1H3,(H,22,24). The summed E-state index contributed by atoms with van der Waals surface area (Å²) in [4.78, 5) is 23.8. The van der Waals surface area contributed by atoms with Gasteiger partial charge in [-0.3, -0.25) is 4.79 Å². The molecule has 0 bridgehead atoms. The van der Waals surface area contributed by atoms with Crippen LogP contribution in [0.5, 0.6) is 0 Å². The SMILES string of the molecule is COC(=O)c1ccc(NC(=O)c2ccc(CS(=O)(=O)N3CCCCC3)cc2)cc1. The van der Waals surface area contributed by atoms with Crippen LogP contribution in [0.4, 0.5) is 5.69 Å². The summed E-state index contributed by atoms with van der Waals surface area (Å²) in [7, 11) is -2.03. The predicted octanol–water partition coefficient (Wildman–Crippen LogP) is 3.04. The van der Waals surface area contributed by atoms with Crippen molar-refractivity contribution in [3.05, 3.63) is 65.2 Å². The summed E-state index contributed by atoms with van der Waals surface area (Å²) in [6, 6.07) is 12.9. The van der Waals surface area contributed by atoms with E-state index in [0.29, 0.717) is 35.5 Å². The van der Waals surface area contributed by atoms with Crippen molar-refractivity contribution >= 4 is 27.6 Å². The van der Waals surface area contributed by atoms with Crippen molar-refractivity contribution in [3.63, 3.8) is 0 Å². The van der Waals surface area contributed by atoms with Gasteiger partial charge in [0.2, 0.25) is 10.0 Å². The summed E-state index contributed by atoms with van der Waals surface area (Å²) in [6.45, 7) is 1.16. The molecule has 29 heavy (non-hydrogen) atoms. The van der Waals surface area contributed by atoms with E-state index in [0.717, 1.165) is 19.3 Å². The molecule has 0 atom stereocenters. The number of rotatable bonds is 6. The van der Waals surface area contributed by atoms with Crippen LogP contribution in [0.25, 0.3) is 0 Å². The van der Waals surface area contributed by atoms with E-state index in [1.54, 1.807) is 52.8 Å². The summed E-state index contributed by atoms with van der Waals surface area (Å²) in [5.41, 5.74) is 2.00. The van der Waals surface area contributed by atoms with Crippen LogP contribution < -0.4 is 5.32 Å². The number of nitrogens with zero attached hydrogens (tertiary/aromatic N) is 1. The number of benzene rings is 2. The van der Waals surface area contributed by atoms with Gasteiger partial charge in [0.15, 0.2) is 0 Å². The van der Waals surface area contributed by atoms with E-state index < -0.39 is 16.0 Å². The maximum atomic E-state index is 12.5. The molecule has 0 saturated carbocycles. The molecule has 2 aromatic carbocycles. The Kier molecular flexibility index (Phi) is 6.66. The molecule has 7 nitrogen and oxygen atoms in total. The fourth-order valence-electron chi connectivity index (χ4n) is 3.21. The Balaban J connectivity index is 1.62. The molecule has 0 aliphatic carbocycles. The van der Waals surface area contributed by atoms with Gasteiger partial charge in [0, 0.05) is 24.3 Å². The lowest BCUT2D eigenvalue weighted by atomic mass is 10.1. The second-order valence-electron chi connectivity index (χ2n) is 6.94. The summed E-state index contributed by atoms with van der Waals surface area (Å²) in [6.07, 6.45) is 2.87. The van der Waals surface area contributed by atoms with E-state index >= 15 is 0 Å². The zero-order valence-corrected chi connectivity index (χ0v) is 17.1.